The standard InChI is InChI=1S/C16H24N2O2/c1-19-6-4-12-8-16(12)13-7-15(10-17-9-13)20-11-14-3-2-5-18-14/h7,9-10,12,14,16,18H,2-6,8,11H2,1H3/t12-,14-,16-/m0/s1. The average molecular weight is 276 g/mol. The van der Waals surface area contributed by atoms with Gasteiger partial charge in [0.15, 0.2) is 0 Å². The minimum atomic E-state index is 0.508. The molecule has 1 saturated heterocycles. The van der Waals surface area contributed by atoms with E-state index in [-0.39, 0.29) is 0 Å². The molecule has 0 spiro atoms. The minimum Gasteiger partial charge on any atom is -0.490 e. The second-order valence-corrected chi connectivity index (χ2v) is 5.94. The number of pyridine rings is 1. The molecule has 2 heterocycles. The fourth-order valence-corrected chi connectivity index (χ4v) is 3.06. The van der Waals surface area contributed by atoms with Crippen LogP contribution in [0.5, 0.6) is 5.75 Å². The molecule has 4 heteroatoms. The largest absolute Gasteiger partial charge is 0.490 e. The maximum atomic E-state index is 5.88. The Morgan fingerprint density at radius 3 is 3.15 bits per heavy atom. The molecule has 3 rings (SSSR count). The van der Waals surface area contributed by atoms with Crippen molar-refractivity contribution in [2.45, 2.75) is 37.6 Å². The SMILES string of the molecule is COCC[C@H]1C[C@@H]1c1cncc(OC[C@@H]2CCCN2)c1. The summed E-state index contributed by atoms with van der Waals surface area (Å²) in [5.74, 6) is 2.34. The first-order valence-electron chi connectivity index (χ1n) is 7.67. The molecule has 0 radical (unpaired) electrons. The number of hydrogen-bond donors (Lipinski definition) is 1. The molecule has 3 atom stereocenters. The van der Waals surface area contributed by atoms with Gasteiger partial charge >= 0.3 is 0 Å². The highest BCUT2D eigenvalue weighted by Crippen LogP contribution is 2.49. The van der Waals surface area contributed by atoms with Crippen molar-refractivity contribution in [2.75, 3.05) is 26.9 Å². The van der Waals surface area contributed by atoms with Gasteiger partial charge in [-0.05, 0) is 55.7 Å². The van der Waals surface area contributed by atoms with Gasteiger partial charge in [-0.2, -0.15) is 0 Å². The zero-order valence-corrected chi connectivity index (χ0v) is 12.2. The summed E-state index contributed by atoms with van der Waals surface area (Å²) in [4.78, 5) is 4.33. The van der Waals surface area contributed by atoms with Crippen LogP contribution >= 0.6 is 0 Å². The van der Waals surface area contributed by atoms with Crippen LogP contribution in [0.1, 0.15) is 37.2 Å². The van der Waals surface area contributed by atoms with Gasteiger partial charge in [-0.25, -0.2) is 0 Å². The van der Waals surface area contributed by atoms with Crippen LogP contribution in [0.4, 0.5) is 0 Å². The Hall–Kier alpha value is -1.13. The van der Waals surface area contributed by atoms with Crippen LogP contribution in [-0.4, -0.2) is 37.9 Å². The first kappa shape index (κ1) is 13.8. The van der Waals surface area contributed by atoms with Gasteiger partial charge in [0.25, 0.3) is 0 Å². The minimum absolute atomic E-state index is 0.508. The molecule has 110 valence electrons. The molecule has 1 aliphatic heterocycles. The summed E-state index contributed by atoms with van der Waals surface area (Å²) in [7, 11) is 1.77. The van der Waals surface area contributed by atoms with E-state index in [4.69, 9.17) is 9.47 Å². The quantitative estimate of drug-likeness (QED) is 0.830. The summed E-state index contributed by atoms with van der Waals surface area (Å²) in [6, 6.07) is 2.67. The first-order valence-corrected chi connectivity index (χ1v) is 7.67. The average Bonchev–Trinajstić information content (AvgIpc) is 3.07. The second-order valence-electron chi connectivity index (χ2n) is 5.94. The maximum Gasteiger partial charge on any atom is 0.137 e. The fraction of sp³-hybridized carbons (Fsp3) is 0.688. The molecule has 1 aromatic heterocycles. The molecule has 0 amide bonds. The van der Waals surface area contributed by atoms with E-state index in [1.54, 1.807) is 7.11 Å². The molecule has 0 bridgehead atoms. The zero-order valence-electron chi connectivity index (χ0n) is 12.2. The molecule has 20 heavy (non-hydrogen) atoms. The molecule has 0 aromatic carbocycles. The van der Waals surface area contributed by atoms with E-state index >= 15 is 0 Å². The molecular weight excluding hydrogens is 252 g/mol. The number of hydrogen-bond acceptors (Lipinski definition) is 4. The molecule has 1 aliphatic carbocycles. The topological polar surface area (TPSA) is 43.4 Å². The molecule has 2 fully saturated rings. The summed E-state index contributed by atoms with van der Waals surface area (Å²) in [5.41, 5.74) is 1.32. The molecule has 1 saturated carbocycles. The highest BCUT2D eigenvalue weighted by Gasteiger charge is 2.38. The third-order valence-corrected chi connectivity index (χ3v) is 4.39. The first-order chi connectivity index (χ1) is 9.86. The summed E-state index contributed by atoms with van der Waals surface area (Å²) in [6.45, 7) is 2.73. The second kappa shape index (κ2) is 6.55. The number of ether oxygens (including phenoxy) is 2. The molecule has 2 aliphatic rings. The monoisotopic (exact) mass is 276 g/mol. The van der Waals surface area contributed by atoms with Crippen LogP contribution in [0.3, 0.4) is 0 Å². The fourth-order valence-electron chi connectivity index (χ4n) is 3.06. The van der Waals surface area contributed by atoms with Gasteiger partial charge in [0.05, 0.1) is 6.20 Å². The summed E-state index contributed by atoms with van der Waals surface area (Å²) >= 11 is 0. The highest BCUT2D eigenvalue weighted by atomic mass is 16.5. The van der Waals surface area contributed by atoms with E-state index < -0.39 is 0 Å². The number of nitrogens with one attached hydrogen (secondary N) is 1. The third-order valence-electron chi connectivity index (χ3n) is 4.39. The predicted molar refractivity (Wildman–Crippen MR) is 78.1 cm³/mol. The van der Waals surface area contributed by atoms with Crippen LogP contribution < -0.4 is 10.1 Å². The van der Waals surface area contributed by atoms with E-state index in [0.29, 0.717) is 12.0 Å². The number of aromatic nitrogens is 1. The maximum absolute atomic E-state index is 5.88. The van der Waals surface area contributed by atoms with Crippen molar-refractivity contribution in [3.63, 3.8) is 0 Å². The van der Waals surface area contributed by atoms with Crippen LogP contribution in [-0.2, 0) is 4.74 Å². The zero-order chi connectivity index (χ0) is 13.8. The Morgan fingerprint density at radius 2 is 2.35 bits per heavy atom. The van der Waals surface area contributed by atoms with Crippen molar-refractivity contribution in [1.82, 2.24) is 10.3 Å². The summed E-state index contributed by atoms with van der Waals surface area (Å²) < 4.78 is 11.0. The molecular formula is C16H24N2O2. The summed E-state index contributed by atoms with van der Waals surface area (Å²) in [6.07, 6.45) is 8.70. The van der Waals surface area contributed by atoms with Gasteiger partial charge < -0.3 is 14.8 Å². The predicted octanol–water partition coefficient (Wildman–Crippen LogP) is 2.35. The van der Waals surface area contributed by atoms with Gasteiger partial charge in [-0.1, -0.05) is 0 Å². The molecule has 0 unspecified atom stereocenters. The van der Waals surface area contributed by atoms with Crippen molar-refractivity contribution in [2.24, 2.45) is 5.92 Å². The van der Waals surface area contributed by atoms with E-state index in [2.05, 4.69) is 16.4 Å². The number of rotatable bonds is 7. The van der Waals surface area contributed by atoms with Gasteiger partial charge in [0.1, 0.15) is 12.4 Å². The van der Waals surface area contributed by atoms with Crippen LogP contribution in [0.2, 0.25) is 0 Å². The van der Waals surface area contributed by atoms with Gasteiger partial charge in [-0.3, -0.25) is 4.98 Å². The van der Waals surface area contributed by atoms with Crippen LogP contribution in [0.15, 0.2) is 18.5 Å². The lowest BCUT2D eigenvalue weighted by molar-refractivity contribution is 0.189. The van der Waals surface area contributed by atoms with Crippen molar-refractivity contribution in [1.29, 1.82) is 0 Å². The molecule has 1 N–H and O–H groups in total. The van der Waals surface area contributed by atoms with E-state index in [1.165, 1.54) is 24.8 Å². The van der Waals surface area contributed by atoms with Crippen LogP contribution in [0, 0.1) is 5.92 Å². The molecule has 1 aromatic rings. The number of nitrogens with zero attached hydrogens (tertiary/aromatic N) is 1. The van der Waals surface area contributed by atoms with Gasteiger partial charge in [0, 0.05) is 26.0 Å². The summed E-state index contributed by atoms with van der Waals surface area (Å²) in [5, 5.41) is 3.45. The van der Waals surface area contributed by atoms with Crippen LogP contribution in [0.25, 0.3) is 0 Å². The lowest BCUT2D eigenvalue weighted by Gasteiger charge is -2.12. The van der Waals surface area contributed by atoms with Gasteiger partial charge in [-0.15, -0.1) is 0 Å². The number of methoxy groups -OCH3 is 1. The Kier molecular flexibility index (Phi) is 4.53. The lowest BCUT2D eigenvalue weighted by atomic mass is 10.1. The van der Waals surface area contributed by atoms with Crippen molar-refractivity contribution in [3.8, 4) is 5.75 Å². The highest BCUT2D eigenvalue weighted by molar-refractivity contribution is 5.30. The Bertz CT molecular complexity index is 432. The van der Waals surface area contributed by atoms with Crippen molar-refractivity contribution < 1.29 is 9.47 Å². The van der Waals surface area contributed by atoms with Crippen molar-refractivity contribution in [3.05, 3.63) is 24.0 Å². The Balaban J connectivity index is 1.51. The normalized spacial score (nSPS) is 28.6. The lowest BCUT2D eigenvalue weighted by Crippen LogP contribution is -2.28. The Morgan fingerprint density at radius 1 is 1.40 bits per heavy atom. The van der Waals surface area contributed by atoms with Crippen molar-refractivity contribution >= 4 is 0 Å². The van der Waals surface area contributed by atoms with E-state index in [9.17, 15) is 0 Å². The van der Waals surface area contributed by atoms with Gasteiger partial charge in [0.2, 0.25) is 0 Å². The van der Waals surface area contributed by atoms with E-state index in [1.807, 2.05) is 12.4 Å². The third kappa shape index (κ3) is 3.49. The smallest absolute Gasteiger partial charge is 0.137 e. The Labute approximate surface area is 120 Å². The molecule has 4 nitrogen and oxygen atoms in total. The van der Waals surface area contributed by atoms with E-state index in [0.717, 1.165) is 37.8 Å².